The third-order valence-corrected chi connectivity index (χ3v) is 5.70. The first-order chi connectivity index (χ1) is 11.1. The molecule has 0 aliphatic carbocycles. The highest BCUT2D eigenvalue weighted by Gasteiger charge is 2.45. The van der Waals surface area contributed by atoms with Crippen LogP contribution in [0.25, 0.3) is 0 Å². The van der Waals surface area contributed by atoms with E-state index in [0.717, 1.165) is 38.9 Å². The average Bonchev–Trinajstić information content (AvgIpc) is 2.56. The van der Waals surface area contributed by atoms with Crippen molar-refractivity contribution in [2.24, 2.45) is 11.3 Å². The van der Waals surface area contributed by atoms with Gasteiger partial charge in [-0.1, -0.05) is 0 Å². The van der Waals surface area contributed by atoms with Crippen molar-refractivity contribution in [2.75, 3.05) is 37.7 Å². The van der Waals surface area contributed by atoms with Gasteiger partial charge in [-0.15, -0.1) is 0 Å². The molecule has 1 N–H and O–H groups in total. The molecule has 3 heterocycles. The highest BCUT2D eigenvalue weighted by Crippen LogP contribution is 2.46. The van der Waals surface area contributed by atoms with Crippen LogP contribution in [0.2, 0.25) is 0 Å². The van der Waals surface area contributed by atoms with Crippen LogP contribution in [0, 0.1) is 17.2 Å². The zero-order valence-corrected chi connectivity index (χ0v) is 13.5. The maximum atomic E-state index is 14.0. The van der Waals surface area contributed by atoms with Gasteiger partial charge in [0.05, 0.1) is 11.9 Å². The molecule has 1 unspecified atom stereocenters. The number of aliphatic hydroxyl groups is 1. The van der Waals surface area contributed by atoms with E-state index in [4.69, 9.17) is 0 Å². The van der Waals surface area contributed by atoms with Gasteiger partial charge in [0.25, 0.3) is 0 Å². The fourth-order valence-electron chi connectivity index (χ4n) is 4.13. The number of nitrogens with zero attached hydrogens (tertiary/aromatic N) is 3. The second-order valence-electron chi connectivity index (χ2n) is 6.77. The maximum absolute atomic E-state index is 14.0. The Morgan fingerprint density at radius 1 is 1.39 bits per heavy atom. The topological polar surface area (TPSA) is 56.7 Å². The normalized spacial score (nSPS) is 24.0. The number of amides is 1. The molecule has 2 aliphatic rings. The van der Waals surface area contributed by atoms with Gasteiger partial charge in [-0.2, -0.15) is 0 Å². The summed E-state index contributed by atoms with van der Waals surface area (Å²) in [6, 6.07) is 1.69. The predicted octanol–water partition coefficient (Wildman–Crippen LogP) is 1.67. The Balaban J connectivity index is 1.73. The number of halogens is 1. The first-order valence-electron chi connectivity index (χ1n) is 8.26. The number of rotatable bonds is 2. The average molecular weight is 321 g/mol. The van der Waals surface area contributed by atoms with E-state index < -0.39 is 0 Å². The monoisotopic (exact) mass is 321 g/mol. The molecular weight excluding hydrogens is 297 g/mol. The van der Waals surface area contributed by atoms with Crippen molar-refractivity contribution < 1.29 is 14.3 Å². The lowest BCUT2D eigenvalue weighted by Crippen LogP contribution is -2.54. The van der Waals surface area contributed by atoms with Crippen molar-refractivity contribution in [1.29, 1.82) is 0 Å². The van der Waals surface area contributed by atoms with Gasteiger partial charge in [-0.05, 0) is 30.7 Å². The molecular formula is C17H24FN3O2. The highest BCUT2D eigenvalue weighted by molar-refractivity contribution is 5.73. The minimum Gasteiger partial charge on any atom is -0.396 e. The molecule has 1 atom stereocenters. The fraction of sp³-hybridized carbons (Fsp3) is 0.647. The summed E-state index contributed by atoms with van der Waals surface area (Å²) < 4.78 is 14.0. The number of carbonyl (C=O) groups is 1. The number of anilines is 1. The molecule has 2 fully saturated rings. The lowest BCUT2D eigenvalue weighted by molar-refractivity contribution is -0.132. The Labute approximate surface area is 136 Å². The number of piperidine rings is 2. The molecule has 3 rings (SSSR count). The lowest BCUT2D eigenvalue weighted by atomic mass is 9.64. The van der Waals surface area contributed by atoms with Gasteiger partial charge < -0.3 is 14.9 Å². The van der Waals surface area contributed by atoms with Crippen LogP contribution >= 0.6 is 0 Å². The van der Waals surface area contributed by atoms with Crippen molar-refractivity contribution in [3.05, 3.63) is 24.3 Å². The first-order valence-corrected chi connectivity index (χ1v) is 8.26. The molecule has 126 valence electrons. The van der Waals surface area contributed by atoms with Crippen LogP contribution in [0.4, 0.5) is 10.1 Å². The quantitative estimate of drug-likeness (QED) is 0.900. The minimum absolute atomic E-state index is 0.0701. The van der Waals surface area contributed by atoms with Crippen LogP contribution in [0.1, 0.15) is 26.2 Å². The Kier molecular flexibility index (Phi) is 4.53. The fourth-order valence-corrected chi connectivity index (χ4v) is 4.13. The zero-order chi connectivity index (χ0) is 16.4. The third-order valence-electron chi connectivity index (χ3n) is 5.70. The van der Waals surface area contributed by atoms with Gasteiger partial charge in [-0.25, -0.2) is 4.39 Å². The van der Waals surface area contributed by atoms with Crippen LogP contribution in [0.5, 0.6) is 0 Å². The predicted molar refractivity (Wildman–Crippen MR) is 85.5 cm³/mol. The molecule has 1 spiro atoms. The van der Waals surface area contributed by atoms with E-state index in [0.29, 0.717) is 12.2 Å². The highest BCUT2D eigenvalue weighted by atomic mass is 19.1. The van der Waals surface area contributed by atoms with Crippen molar-refractivity contribution in [1.82, 2.24) is 9.88 Å². The number of carbonyl (C=O) groups excluding carboxylic acids is 1. The van der Waals surface area contributed by atoms with E-state index in [2.05, 4.69) is 4.98 Å². The molecule has 2 aliphatic heterocycles. The lowest BCUT2D eigenvalue weighted by Gasteiger charge is -2.51. The largest absolute Gasteiger partial charge is 0.396 e. The molecule has 2 saturated heterocycles. The molecule has 0 saturated carbocycles. The first kappa shape index (κ1) is 16.2. The SMILES string of the molecule is CC(=O)N1CCC2(CC1)CCN(c1ccncc1F)CC2CO. The van der Waals surface area contributed by atoms with Gasteiger partial charge >= 0.3 is 0 Å². The maximum Gasteiger partial charge on any atom is 0.219 e. The second-order valence-corrected chi connectivity index (χ2v) is 6.77. The summed E-state index contributed by atoms with van der Waals surface area (Å²) in [5.41, 5.74) is 0.634. The molecule has 6 heteroatoms. The Morgan fingerprint density at radius 2 is 2.09 bits per heavy atom. The van der Waals surface area contributed by atoms with Crippen molar-refractivity contribution >= 4 is 11.6 Å². The number of hydrogen-bond acceptors (Lipinski definition) is 4. The van der Waals surface area contributed by atoms with Crippen LogP contribution in [0.3, 0.4) is 0 Å². The van der Waals surface area contributed by atoms with Crippen LogP contribution < -0.4 is 4.90 Å². The van der Waals surface area contributed by atoms with E-state index >= 15 is 0 Å². The van der Waals surface area contributed by atoms with E-state index in [1.807, 2.05) is 9.80 Å². The summed E-state index contributed by atoms with van der Waals surface area (Å²) >= 11 is 0. The van der Waals surface area contributed by atoms with Gasteiger partial charge in [0, 0.05) is 51.8 Å². The molecule has 0 aromatic carbocycles. The van der Waals surface area contributed by atoms with Gasteiger partial charge in [0.15, 0.2) is 5.82 Å². The van der Waals surface area contributed by atoms with E-state index in [1.54, 1.807) is 19.2 Å². The Morgan fingerprint density at radius 3 is 2.70 bits per heavy atom. The van der Waals surface area contributed by atoms with Crippen molar-refractivity contribution in [3.63, 3.8) is 0 Å². The summed E-state index contributed by atoms with van der Waals surface area (Å²) in [6.07, 6.45) is 5.60. The van der Waals surface area contributed by atoms with Gasteiger partial charge in [0.2, 0.25) is 5.91 Å². The molecule has 1 aromatic heterocycles. The van der Waals surface area contributed by atoms with Gasteiger partial charge in [-0.3, -0.25) is 9.78 Å². The summed E-state index contributed by atoms with van der Waals surface area (Å²) in [6.45, 7) is 4.65. The number of aliphatic hydroxyl groups excluding tert-OH is 1. The van der Waals surface area contributed by atoms with Crippen molar-refractivity contribution in [3.8, 4) is 0 Å². The van der Waals surface area contributed by atoms with Gasteiger partial charge in [0.1, 0.15) is 0 Å². The number of pyridine rings is 1. The van der Waals surface area contributed by atoms with Crippen LogP contribution in [-0.2, 0) is 4.79 Å². The molecule has 0 radical (unpaired) electrons. The Bertz CT molecular complexity index is 573. The molecule has 5 nitrogen and oxygen atoms in total. The summed E-state index contributed by atoms with van der Waals surface area (Å²) in [4.78, 5) is 19.2. The second kappa shape index (κ2) is 6.43. The summed E-state index contributed by atoms with van der Waals surface area (Å²) in [5.74, 6) is -0.0823. The number of hydrogen-bond donors (Lipinski definition) is 1. The van der Waals surface area contributed by atoms with Crippen molar-refractivity contribution in [2.45, 2.75) is 26.2 Å². The minimum atomic E-state index is -0.313. The third kappa shape index (κ3) is 3.04. The van der Waals surface area contributed by atoms with E-state index in [-0.39, 0.29) is 29.7 Å². The summed E-state index contributed by atoms with van der Waals surface area (Å²) in [7, 11) is 0. The van der Waals surface area contributed by atoms with Crippen LogP contribution in [0.15, 0.2) is 18.5 Å². The van der Waals surface area contributed by atoms with Crippen LogP contribution in [-0.4, -0.2) is 53.7 Å². The Hall–Kier alpha value is -1.69. The molecule has 23 heavy (non-hydrogen) atoms. The summed E-state index contributed by atoms with van der Waals surface area (Å²) in [5, 5.41) is 9.90. The molecule has 1 amide bonds. The zero-order valence-electron chi connectivity index (χ0n) is 13.5. The number of likely N-dealkylation sites (tertiary alicyclic amines) is 1. The molecule has 0 bridgehead atoms. The number of aromatic nitrogens is 1. The van der Waals surface area contributed by atoms with E-state index in [1.165, 1.54) is 6.20 Å². The molecule has 1 aromatic rings. The smallest absolute Gasteiger partial charge is 0.219 e. The van der Waals surface area contributed by atoms with E-state index in [9.17, 15) is 14.3 Å². The standard InChI is InChI=1S/C17H24FN3O2/c1-13(23)20-7-3-17(4-8-20)5-9-21(11-14(17)12-22)16-2-6-19-10-15(16)18/h2,6,10,14,22H,3-5,7-9,11-12H2,1H3.